The van der Waals surface area contributed by atoms with E-state index in [9.17, 15) is 43.5 Å². The Morgan fingerprint density at radius 3 is 0.800 bits per heavy atom. The Hall–Kier alpha value is -4.05. The second-order valence-corrected chi connectivity index (χ2v) is 30.8. The predicted molar refractivity (Wildman–Crippen MR) is 436 cm³/mol. The van der Waals surface area contributed by atoms with Crippen LogP contribution in [0.2, 0.25) is 0 Å². The first-order valence-electron chi connectivity index (χ1n) is 41.8. The molecule has 0 aliphatic rings. The lowest BCUT2D eigenvalue weighted by molar-refractivity contribution is -0.161. The number of aliphatic hydroxyl groups is 2. The monoisotopic (exact) mass is 1520 g/mol. The first-order valence-corrected chi connectivity index (χ1v) is 44.8. The summed E-state index contributed by atoms with van der Waals surface area (Å²) in [5.74, 6) is -1.59. The van der Waals surface area contributed by atoms with Crippen molar-refractivity contribution in [3.63, 3.8) is 0 Å². The molecule has 0 aliphatic carbocycles. The van der Waals surface area contributed by atoms with E-state index < -0.39 is 91.5 Å². The third-order valence-electron chi connectivity index (χ3n) is 17.6. The molecule has 5 atom stereocenters. The standard InChI is InChI=1S/C87H152O16P2/c1-4-7-10-13-16-19-22-25-28-31-33-34-35-36-37-38-39-40-41-42-43-44-45-46-48-51-52-55-58-61-64-67-70-73-85(90)97-76-82(88)77-99-104(93,94)100-78-83(89)79-101-105(95,96)102-81-84(103-87(92)75-72-69-66-63-60-57-54-49-30-27-24-21-18-15-12-9-6-3)80-98-86(91)74-71-68-65-62-59-56-53-50-47-32-29-26-23-20-17-14-11-8-5-2/h9,12,16-21,25-30,33-34,36-37,47,50,82-84,88-89H,4-8,10-11,13-15,22-24,31-32,35,38-46,48-49,51-81H2,1-3H3,(H,93,94)(H,95,96)/b12-9-,19-16-,20-17-,21-18-,28-25-,29-26-,30-27-,34-33-,37-36-,50-47-. The lowest BCUT2D eigenvalue weighted by Gasteiger charge is -2.21. The summed E-state index contributed by atoms with van der Waals surface area (Å²) < 4.78 is 61.2. The first kappa shape index (κ1) is 101. The minimum Gasteiger partial charge on any atom is -0.463 e. The van der Waals surface area contributed by atoms with Crippen molar-refractivity contribution in [2.24, 2.45) is 0 Å². The van der Waals surface area contributed by atoms with Gasteiger partial charge in [0.05, 0.1) is 26.4 Å². The van der Waals surface area contributed by atoms with E-state index in [2.05, 4.69) is 142 Å². The zero-order valence-electron chi connectivity index (χ0n) is 66.4. The molecular formula is C87H152O16P2. The molecule has 105 heavy (non-hydrogen) atoms. The van der Waals surface area contributed by atoms with Crippen molar-refractivity contribution >= 4 is 33.6 Å². The summed E-state index contributed by atoms with van der Waals surface area (Å²) in [7, 11) is -9.80. The van der Waals surface area contributed by atoms with Gasteiger partial charge in [0.1, 0.15) is 25.4 Å². The summed E-state index contributed by atoms with van der Waals surface area (Å²) in [4.78, 5) is 58.7. The van der Waals surface area contributed by atoms with Gasteiger partial charge in [-0.15, -0.1) is 0 Å². The summed E-state index contributed by atoms with van der Waals surface area (Å²) in [6.45, 7) is 2.52. The minimum atomic E-state index is -4.94. The van der Waals surface area contributed by atoms with E-state index in [1.807, 2.05) is 0 Å². The quantitative estimate of drug-likeness (QED) is 0.0146. The summed E-state index contributed by atoms with van der Waals surface area (Å²) in [6.07, 6.45) is 95.4. The van der Waals surface area contributed by atoms with Gasteiger partial charge in [-0.1, -0.05) is 322 Å². The molecule has 0 radical (unpaired) electrons. The Bertz CT molecular complexity index is 2390. The fraction of sp³-hybridized carbons (Fsp3) is 0.736. The van der Waals surface area contributed by atoms with Crippen LogP contribution < -0.4 is 0 Å². The zero-order valence-corrected chi connectivity index (χ0v) is 68.2. The molecule has 0 bridgehead atoms. The van der Waals surface area contributed by atoms with Gasteiger partial charge < -0.3 is 34.2 Å². The van der Waals surface area contributed by atoms with Crippen LogP contribution in [0.3, 0.4) is 0 Å². The van der Waals surface area contributed by atoms with Crippen molar-refractivity contribution in [1.29, 1.82) is 0 Å². The molecule has 0 amide bonds. The molecule has 18 heteroatoms. The van der Waals surface area contributed by atoms with Crippen molar-refractivity contribution in [1.82, 2.24) is 0 Å². The van der Waals surface area contributed by atoms with Crippen LogP contribution in [-0.2, 0) is 55.8 Å². The van der Waals surface area contributed by atoms with Gasteiger partial charge in [-0.05, 0) is 135 Å². The van der Waals surface area contributed by atoms with Crippen molar-refractivity contribution in [2.45, 2.75) is 373 Å². The fourth-order valence-electron chi connectivity index (χ4n) is 11.3. The molecule has 0 aromatic rings. The van der Waals surface area contributed by atoms with Crippen LogP contribution in [0.1, 0.15) is 355 Å². The van der Waals surface area contributed by atoms with Crippen molar-refractivity contribution in [3.8, 4) is 0 Å². The van der Waals surface area contributed by atoms with Crippen LogP contribution in [0.4, 0.5) is 0 Å². The Morgan fingerprint density at radius 2 is 0.505 bits per heavy atom. The van der Waals surface area contributed by atoms with Gasteiger partial charge in [-0.2, -0.15) is 0 Å². The molecular weight excluding hydrogens is 1360 g/mol. The van der Waals surface area contributed by atoms with Crippen molar-refractivity contribution < 1.29 is 75.8 Å². The highest BCUT2D eigenvalue weighted by molar-refractivity contribution is 7.47. The summed E-state index contributed by atoms with van der Waals surface area (Å²) in [5, 5.41) is 20.7. The minimum absolute atomic E-state index is 0.0889. The molecule has 0 spiro atoms. The van der Waals surface area contributed by atoms with Gasteiger partial charge in [0.15, 0.2) is 6.10 Å². The maximum Gasteiger partial charge on any atom is 0.472 e. The summed E-state index contributed by atoms with van der Waals surface area (Å²) >= 11 is 0. The van der Waals surface area contributed by atoms with E-state index in [0.717, 1.165) is 161 Å². The van der Waals surface area contributed by atoms with Gasteiger partial charge >= 0.3 is 33.6 Å². The zero-order chi connectivity index (χ0) is 76.6. The number of rotatable bonds is 79. The topological polar surface area (TPSA) is 231 Å². The molecule has 0 fully saturated rings. The van der Waals surface area contributed by atoms with E-state index in [4.69, 9.17) is 32.3 Å². The van der Waals surface area contributed by atoms with Gasteiger partial charge in [0, 0.05) is 19.3 Å². The lowest BCUT2D eigenvalue weighted by Crippen LogP contribution is -2.30. The van der Waals surface area contributed by atoms with Gasteiger partial charge in [0.25, 0.3) is 0 Å². The average molecular weight is 1520 g/mol. The predicted octanol–water partition coefficient (Wildman–Crippen LogP) is 24.9. The number of phosphoric acid groups is 2. The molecule has 606 valence electrons. The number of allylic oxidation sites excluding steroid dienone is 20. The third kappa shape index (κ3) is 80.8. The molecule has 0 aromatic heterocycles. The van der Waals surface area contributed by atoms with Crippen LogP contribution in [0.15, 0.2) is 122 Å². The Labute approximate surface area is 640 Å². The number of ether oxygens (including phenoxy) is 3. The highest BCUT2D eigenvalue weighted by Gasteiger charge is 2.29. The molecule has 0 heterocycles. The number of carbonyl (C=O) groups excluding carboxylic acids is 3. The summed E-state index contributed by atoms with van der Waals surface area (Å²) in [5.41, 5.74) is 0. The molecule has 16 nitrogen and oxygen atoms in total. The lowest BCUT2D eigenvalue weighted by atomic mass is 10.0. The van der Waals surface area contributed by atoms with Crippen molar-refractivity contribution in [2.75, 3.05) is 39.6 Å². The number of aliphatic hydroxyl groups excluding tert-OH is 2. The molecule has 0 rings (SSSR count). The van der Waals surface area contributed by atoms with Crippen molar-refractivity contribution in [3.05, 3.63) is 122 Å². The Kier molecular flexibility index (Phi) is 76.4. The van der Waals surface area contributed by atoms with E-state index in [0.29, 0.717) is 19.3 Å². The van der Waals surface area contributed by atoms with Gasteiger partial charge in [-0.25, -0.2) is 9.13 Å². The van der Waals surface area contributed by atoms with E-state index in [1.165, 1.54) is 135 Å². The van der Waals surface area contributed by atoms with Gasteiger partial charge in [-0.3, -0.25) is 32.5 Å². The first-order chi connectivity index (χ1) is 51.2. The smallest absolute Gasteiger partial charge is 0.463 e. The number of hydrogen-bond donors (Lipinski definition) is 4. The number of unbranched alkanes of at least 4 members (excludes halogenated alkanes) is 36. The molecule has 0 saturated carbocycles. The number of esters is 3. The second-order valence-electron chi connectivity index (χ2n) is 27.9. The van der Waals surface area contributed by atoms with Crippen LogP contribution in [0, 0.1) is 0 Å². The highest BCUT2D eigenvalue weighted by atomic mass is 31.2. The second kappa shape index (κ2) is 79.5. The molecule has 0 aromatic carbocycles. The highest BCUT2D eigenvalue weighted by Crippen LogP contribution is 2.45. The van der Waals surface area contributed by atoms with Gasteiger partial charge in [0.2, 0.25) is 0 Å². The Morgan fingerprint density at radius 1 is 0.276 bits per heavy atom. The Balaban J connectivity index is 4.47. The van der Waals surface area contributed by atoms with E-state index in [1.54, 1.807) is 0 Å². The van der Waals surface area contributed by atoms with Crippen LogP contribution >= 0.6 is 15.6 Å². The molecule has 4 N–H and O–H groups in total. The maximum atomic E-state index is 13.0. The maximum absolute atomic E-state index is 13.0. The normalized spacial score (nSPS) is 14.5. The average Bonchev–Trinajstić information content (AvgIpc) is 0.916. The number of carbonyl (C=O) groups is 3. The largest absolute Gasteiger partial charge is 0.472 e. The molecule has 5 unspecified atom stereocenters. The SMILES string of the molecule is CC/C=C\C/C=C\C/C=C\CCCCCCCCCC(=O)OC(COC(=O)CCCCCCCC/C=C\C/C=C\C/C=C\CCCCC)COP(=O)(O)OCC(O)COP(=O)(O)OCC(O)COC(=O)CCCCCCCCCCCCCCCCCCC/C=C\C/C=C\C/C=C\C/C=C\CCCCC. The third-order valence-corrected chi connectivity index (χ3v) is 19.5. The number of hydrogen-bond acceptors (Lipinski definition) is 14. The molecule has 0 aliphatic heterocycles. The van der Waals surface area contributed by atoms with E-state index >= 15 is 0 Å². The van der Waals surface area contributed by atoms with Crippen LogP contribution in [0.5, 0.6) is 0 Å². The fourth-order valence-corrected chi connectivity index (χ4v) is 12.9. The van der Waals surface area contributed by atoms with Crippen LogP contribution in [0.25, 0.3) is 0 Å². The van der Waals surface area contributed by atoms with E-state index in [-0.39, 0.29) is 19.3 Å². The number of phosphoric ester groups is 2. The molecule has 0 saturated heterocycles. The summed E-state index contributed by atoms with van der Waals surface area (Å²) in [6, 6.07) is 0. The van der Waals surface area contributed by atoms with Crippen LogP contribution in [-0.4, -0.2) is 95.9 Å².